The van der Waals surface area contributed by atoms with E-state index < -0.39 is 0 Å². The van der Waals surface area contributed by atoms with Crippen molar-refractivity contribution in [1.82, 2.24) is 0 Å². The lowest BCUT2D eigenvalue weighted by atomic mass is 10.1. The van der Waals surface area contributed by atoms with Gasteiger partial charge >= 0.3 is 0 Å². The van der Waals surface area contributed by atoms with Gasteiger partial charge in [-0.15, -0.1) is 11.3 Å². The standard InChI is InChI=1S/C13H15NS/c1-10-4-3-5-12(6-10)7-14-13-9-15-8-11(13)2/h3-6,8-9,14H,7H2,1-2H3. The van der Waals surface area contributed by atoms with E-state index in [9.17, 15) is 0 Å². The molecule has 1 nitrogen and oxygen atoms in total. The van der Waals surface area contributed by atoms with E-state index in [0.717, 1.165) is 6.54 Å². The molecule has 1 heterocycles. The molecule has 1 N–H and O–H groups in total. The van der Waals surface area contributed by atoms with Crippen LogP contribution in [0.3, 0.4) is 0 Å². The quantitative estimate of drug-likeness (QED) is 0.820. The number of anilines is 1. The van der Waals surface area contributed by atoms with Crippen LogP contribution in [0.25, 0.3) is 0 Å². The fraction of sp³-hybridized carbons (Fsp3) is 0.231. The van der Waals surface area contributed by atoms with Gasteiger partial charge in [-0.05, 0) is 30.4 Å². The number of nitrogens with one attached hydrogen (secondary N) is 1. The Kier molecular flexibility index (Phi) is 3.07. The van der Waals surface area contributed by atoms with Crippen molar-refractivity contribution >= 4 is 17.0 Å². The Balaban J connectivity index is 2.02. The average molecular weight is 217 g/mol. The molecule has 0 atom stereocenters. The number of rotatable bonds is 3. The predicted octanol–water partition coefficient (Wildman–Crippen LogP) is 3.98. The maximum absolute atomic E-state index is 3.45. The number of thiophene rings is 1. The molecule has 15 heavy (non-hydrogen) atoms. The summed E-state index contributed by atoms with van der Waals surface area (Å²) in [5.41, 5.74) is 5.23. The van der Waals surface area contributed by atoms with Gasteiger partial charge < -0.3 is 5.32 Å². The molecule has 0 fully saturated rings. The Bertz CT molecular complexity index is 445. The molecule has 0 bridgehead atoms. The van der Waals surface area contributed by atoms with Gasteiger partial charge in [0, 0.05) is 17.6 Å². The van der Waals surface area contributed by atoms with Crippen LogP contribution in [-0.4, -0.2) is 0 Å². The van der Waals surface area contributed by atoms with E-state index in [1.807, 2.05) is 0 Å². The SMILES string of the molecule is Cc1cccc(CNc2cscc2C)c1. The largest absolute Gasteiger partial charge is 0.380 e. The zero-order chi connectivity index (χ0) is 10.7. The van der Waals surface area contributed by atoms with Gasteiger partial charge in [0.15, 0.2) is 0 Å². The summed E-state index contributed by atoms with van der Waals surface area (Å²) in [5.74, 6) is 0. The summed E-state index contributed by atoms with van der Waals surface area (Å²) in [6.07, 6.45) is 0. The van der Waals surface area contributed by atoms with Crippen LogP contribution in [0.2, 0.25) is 0 Å². The van der Waals surface area contributed by atoms with Crippen LogP contribution in [0, 0.1) is 13.8 Å². The van der Waals surface area contributed by atoms with Gasteiger partial charge in [0.05, 0.1) is 0 Å². The third-order valence-electron chi connectivity index (χ3n) is 2.42. The first-order valence-corrected chi connectivity index (χ1v) is 6.02. The molecule has 1 aromatic heterocycles. The highest BCUT2D eigenvalue weighted by Crippen LogP contribution is 2.20. The molecule has 0 aliphatic heterocycles. The fourth-order valence-corrected chi connectivity index (χ4v) is 2.37. The molecule has 0 spiro atoms. The number of hydrogen-bond acceptors (Lipinski definition) is 2. The third-order valence-corrected chi connectivity index (χ3v) is 3.28. The highest BCUT2D eigenvalue weighted by molar-refractivity contribution is 7.08. The van der Waals surface area contributed by atoms with Crippen molar-refractivity contribution in [3.63, 3.8) is 0 Å². The van der Waals surface area contributed by atoms with Crippen molar-refractivity contribution in [3.05, 3.63) is 51.7 Å². The van der Waals surface area contributed by atoms with Gasteiger partial charge in [-0.1, -0.05) is 29.8 Å². The zero-order valence-corrected chi connectivity index (χ0v) is 9.90. The molecule has 0 amide bonds. The zero-order valence-electron chi connectivity index (χ0n) is 9.08. The first-order valence-electron chi connectivity index (χ1n) is 5.08. The van der Waals surface area contributed by atoms with E-state index >= 15 is 0 Å². The minimum atomic E-state index is 0.902. The lowest BCUT2D eigenvalue weighted by molar-refractivity contribution is 1.14. The Labute approximate surface area is 94.8 Å². The van der Waals surface area contributed by atoms with Crippen molar-refractivity contribution in [3.8, 4) is 0 Å². The second-order valence-electron chi connectivity index (χ2n) is 3.81. The number of hydrogen-bond donors (Lipinski definition) is 1. The van der Waals surface area contributed by atoms with Gasteiger partial charge in [0.1, 0.15) is 0 Å². The molecule has 0 unspecified atom stereocenters. The van der Waals surface area contributed by atoms with Crippen LogP contribution in [0.15, 0.2) is 35.0 Å². The van der Waals surface area contributed by atoms with Crippen molar-refractivity contribution in [2.24, 2.45) is 0 Å². The van der Waals surface area contributed by atoms with Gasteiger partial charge in [-0.3, -0.25) is 0 Å². The molecule has 0 aliphatic rings. The monoisotopic (exact) mass is 217 g/mol. The molecule has 2 aromatic rings. The predicted molar refractivity (Wildman–Crippen MR) is 67.6 cm³/mol. The molecule has 2 heteroatoms. The Morgan fingerprint density at radius 3 is 2.73 bits per heavy atom. The van der Waals surface area contributed by atoms with Crippen LogP contribution in [0.4, 0.5) is 5.69 Å². The lowest BCUT2D eigenvalue weighted by Crippen LogP contribution is -1.99. The fourth-order valence-electron chi connectivity index (χ4n) is 1.56. The van der Waals surface area contributed by atoms with Crippen LogP contribution in [-0.2, 0) is 6.54 Å². The summed E-state index contributed by atoms with van der Waals surface area (Å²) in [4.78, 5) is 0. The molecule has 0 saturated heterocycles. The maximum atomic E-state index is 3.45. The van der Waals surface area contributed by atoms with E-state index in [1.165, 1.54) is 22.4 Å². The van der Waals surface area contributed by atoms with Crippen LogP contribution < -0.4 is 5.32 Å². The van der Waals surface area contributed by atoms with Crippen molar-refractivity contribution in [2.45, 2.75) is 20.4 Å². The lowest BCUT2D eigenvalue weighted by Gasteiger charge is -2.06. The van der Waals surface area contributed by atoms with Crippen LogP contribution in [0.5, 0.6) is 0 Å². The smallest absolute Gasteiger partial charge is 0.0481 e. The van der Waals surface area contributed by atoms with E-state index in [-0.39, 0.29) is 0 Å². The molecule has 0 aliphatic carbocycles. The molecular weight excluding hydrogens is 202 g/mol. The molecule has 1 aromatic carbocycles. The number of aryl methyl sites for hydroxylation is 2. The summed E-state index contributed by atoms with van der Waals surface area (Å²) in [5, 5.41) is 7.77. The van der Waals surface area contributed by atoms with Gasteiger partial charge in [-0.2, -0.15) is 0 Å². The van der Waals surface area contributed by atoms with Gasteiger partial charge in [0.25, 0.3) is 0 Å². The molecule has 2 rings (SSSR count). The van der Waals surface area contributed by atoms with Crippen molar-refractivity contribution in [2.75, 3.05) is 5.32 Å². The second kappa shape index (κ2) is 4.49. The van der Waals surface area contributed by atoms with Crippen molar-refractivity contribution < 1.29 is 0 Å². The number of benzene rings is 1. The first kappa shape index (κ1) is 10.2. The summed E-state index contributed by atoms with van der Waals surface area (Å²) in [6, 6.07) is 8.60. The first-order chi connectivity index (χ1) is 7.25. The summed E-state index contributed by atoms with van der Waals surface area (Å²) < 4.78 is 0. The minimum Gasteiger partial charge on any atom is -0.380 e. The molecule has 78 valence electrons. The van der Waals surface area contributed by atoms with Gasteiger partial charge in [0.2, 0.25) is 0 Å². The Hall–Kier alpha value is -1.28. The van der Waals surface area contributed by atoms with E-state index in [0.29, 0.717) is 0 Å². The highest BCUT2D eigenvalue weighted by atomic mass is 32.1. The highest BCUT2D eigenvalue weighted by Gasteiger charge is 1.98. The molecule has 0 radical (unpaired) electrons. The van der Waals surface area contributed by atoms with E-state index in [2.05, 4.69) is 54.2 Å². The Morgan fingerprint density at radius 1 is 1.20 bits per heavy atom. The average Bonchev–Trinajstić information content (AvgIpc) is 2.61. The summed E-state index contributed by atoms with van der Waals surface area (Å²) in [7, 11) is 0. The van der Waals surface area contributed by atoms with E-state index in [1.54, 1.807) is 11.3 Å². The third kappa shape index (κ3) is 2.60. The van der Waals surface area contributed by atoms with Crippen LogP contribution >= 0.6 is 11.3 Å². The van der Waals surface area contributed by atoms with Gasteiger partial charge in [-0.25, -0.2) is 0 Å². The topological polar surface area (TPSA) is 12.0 Å². The van der Waals surface area contributed by atoms with Crippen molar-refractivity contribution in [1.29, 1.82) is 0 Å². The van der Waals surface area contributed by atoms with E-state index in [4.69, 9.17) is 0 Å². The Morgan fingerprint density at radius 2 is 2.07 bits per heavy atom. The molecule has 0 saturated carbocycles. The van der Waals surface area contributed by atoms with Crippen LogP contribution in [0.1, 0.15) is 16.7 Å². The summed E-state index contributed by atoms with van der Waals surface area (Å²) >= 11 is 1.74. The minimum absolute atomic E-state index is 0.902. The normalized spacial score (nSPS) is 10.3. The molecular formula is C13H15NS. The second-order valence-corrected chi connectivity index (χ2v) is 4.55. The maximum Gasteiger partial charge on any atom is 0.0481 e. The summed E-state index contributed by atoms with van der Waals surface area (Å²) in [6.45, 7) is 5.16.